The third-order valence-electron chi connectivity index (χ3n) is 4.66. The average Bonchev–Trinajstić information content (AvgIpc) is 2.53. The fraction of sp³-hybridized carbons (Fsp3) is 0.650. The van der Waals surface area contributed by atoms with Crippen molar-refractivity contribution in [2.75, 3.05) is 7.05 Å². The van der Waals surface area contributed by atoms with Gasteiger partial charge in [-0.15, -0.1) is 24.0 Å². The van der Waals surface area contributed by atoms with E-state index >= 15 is 0 Å². The van der Waals surface area contributed by atoms with Gasteiger partial charge in [0.25, 0.3) is 0 Å². The second-order valence-corrected chi connectivity index (χ2v) is 8.05. The molecule has 4 nitrogen and oxygen atoms in total. The van der Waals surface area contributed by atoms with E-state index in [9.17, 15) is 0 Å². The minimum absolute atomic E-state index is 0. The molecule has 1 aliphatic carbocycles. The zero-order chi connectivity index (χ0) is 17.6. The van der Waals surface area contributed by atoms with Gasteiger partial charge in [-0.1, -0.05) is 43.5 Å². The Bertz CT molecular complexity index is 545. The number of guanidine groups is 1. The summed E-state index contributed by atoms with van der Waals surface area (Å²) < 4.78 is 0. The quantitative estimate of drug-likeness (QED) is 0.394. The van der Waals surface area contributed by atoms with Gasteiger partial charge < -0.3 is 11.1 Å². The largest absolute Gasteiger partial charge is 0.370 e. The lowest BCUT2D eigenvalue weighted by atomic mass is 9.94. The lowest BCUT2D eigenvalue weighted by molar-refractivity contribution is 0.184. The molecule has 0 bridgehead atoms. The molecule has 1 aliphatic rings. The topological polar surface area (TPSA) is 53.6 Å². The summed E-state index contributed by atoms with van der Waals surface area (Å²) in [6, 6.07) is 9.31. The van der Waals surface area contributed by atoms with Crippen LogP contribution in [0.25, 0.3) is 0 Å². The van der Waals surface area contributed by atoms with Gasteiger partial charge in [0.15, 0.2) is 5.96 Å². The Hall–Kier alpha value is -0.820. The van der Waals surface area contributed by atoms with E-state index in [0.29, 0.717) is 12.5 Å². The molecule has 0 atom stereocenters. The van der Waals surface area contributed by atoms with E-state index < -0.39 is 0 Å². The molecule has 0 unspecified atom stereocenters. The Morgan fingerprint density at radius 2 is 1.76 bits per heavy atom. The second kappa shape index (κ2) is 10.4. The Morgan fingerprint density at radius 1 is 1.16 bits per heavy atom. The number of hydrogen-bond acceptors (Lipinski definition) is 2. The maximum Gasteiger partial charge on any atom is 0.189 e. The van der Waals surface area contributed by atoms with Crippen LogP contribution in [0.1, 0.15) is 64.0 Å². The van der Waals surface area contributed by atoms with Crippen molar-refractivity contribution >= 4 is 29.9 Å². The fourth-order valence-electron chi connectivity index (χ4n) is 3.38. The van der Waals surface area contributed by atoms with Crippen LogP contribution < -0.4 is 11.1 Å². The van der Waals surface area contributed by atoms with Crippen LogP contribution in [0.4, 0.5) is 0 Å². The summed E-state index contributed by atoms with van der Waals surface area (Å²) in [5.74, 6) is 0.512. The monoisotopic (exact) mass is 458 g/mol. The van der Waals surface area contributed by atoms with Gasteiger partial charge in [0.2, 0.25) is 0 Å². The van der Waals surface area contributed by atoms with Crippen molar-refractivity contribution in [3.8, 4) is 0 Å². The minimum atomic E-state index is -0.0612. The summed E-state index contributed by atoms with van der Waals surface area (Å²) in [7, 11) is 2.26. The van der Waals surface area contributed by atoms with Gasteiger partial charge in [-0.3, -0.25) is 4.90 Å². The summed E-state index contributed by atoms with van der Waals surface area (Å²) in [4.78, 5) is 7.04. The molecule has 1 saturated carbocycles. The zero-order valence-corrected chi connectivity index (χ0v) is 18.5. The van der Waals surface area contributed by atoms with Crippen LogP contribution in [0.5, 0.6) is 0 Å². The molecule has 0 heterocycles. The van der Waals surface area contributed by atoms with Crippen molar-refractivity contribution in [1.29, 1.82) is 0 Å². The SMILES string of the molecule is CN(Cc1ccccc1CN=C(N)NC(C)(C)C)C1CCCCC1.I. The van der Waals surface area contributed by atoms with E-state index in [-0.39, 0.29) is 29.5 Å². The molecular weight excluding hydrogens is 423 g/mol. The van der Waals surface area contributed by atoms with Crippen molar-refractivity contribution in [3.05, 3.63) is 35.4 Å². The maximum atomic E-state index is 6.00. The number of benzene rings is 1. The normalized spacial score (nSPS) is 16.6. The third kappa shape index (κ3) is 7.94. The first-order chi connectivity index (χ1) is 11.3. The maximum absolute atomic E-state index is 6.00. The van der Waals surface area contributed by atoms with Gasteiger partial charge in [-0.05, 0) is 51.8 Å². The van der Waals surface area contributed by atoms with Crippen molar-refractivity contribution in [2.24, 2.45) is 10.7 Å². The zero-order valence-electron chi connectivity index (χ0n) is 16.2. The third-order valence-corrected chi connectivity index (χ3v) is 4.66. The number of nitrogens with two attached hydrogens (primary N) is 1. The van der Waals surface area contributed by atoms with Gasteiger partial charge in [-0.2, -0.15) is 0 Å². The number of aliphatic imine (C=N–C) groups is 1. The van der Waals surface area contributed by atoms with Gasteiger partial charge in [0, 0.05) is 18.1 Å². The van der Waals surface area contributed by atoms with Crippen molar-refractivity contribution in [1.82, 2.24) is 10.2 Å². The highest BCUT2D eigenvalue weighted by Crippen LogP contribution is 2.23. The molecule has 5 heteroatoms. The van der Waals surface area contributed by atoms with Crippen molar-refractivity contribution in [2.45, 2.75) is 77.5 Å². The number of nitrogens with one attached hydrogen (secondary N) is 1. The smallest absolute Gasteiger partial charge is 0.189 e. The highest BCUT2D eigenvalue weighted by molar-refractivity contribution is 14.0. The van der Waals surface area contributed by atoms with E-state index in [2.05, 4.69) is 67.3 Å². The number of nitrogens with zero attached hydrogens (tertiary/aromatic N) is 2. The first-order valence-electron chi connectivity index (χ1n) is 9.20. The molecule has 1 aromatic rings. The van der Waals surface area contributed by atoms with E-state index in [1.54, 1.807) is 0 Å². The molecule has 25 heavy (non-hydrogen) atoms. The van der Waals surface area contributed by atoms with Crippen LogP contribution in [-0.2, 0) is 13.1 Å². The summed E-state index contributed by atoms with van der Waals surface area (Å²) in [5.41, 5.74) is 8.57. The van der Waals surface area contributed by atoms with E-state index in [0.717, 1.165) is 12.6 Å². The fourth-order valence-corrected chi connectivity index (χ4v) is 3.38. The van der Waals surface area contributed by atoms with Crippen LogP contribution in [0.3, 0.4) is 0 Å². The highest BCUT2D eigenvalue weighted by Gasteiger charge is 2.18. The molecule has 2 rings (SSSR count). The number of rotatable bonds is 5. The van der Waals surface area contributed by atoms with E-state index in [4.69, 9.17) is 5.73 Å². The molecule has 142 valence electrons. The average molecular weight is 458 g/mol. The highest BCUT2D eigenvalue weighted by atomic mass is 127. The minimum Gasteiger partial charge on any atom is -0.370 e. The molecular formula is C20H35IN4. The standard InChI is InChI=1S/C20H34N4.HI/c1-20(2,3)23-19(21)22-14-16-10-8-9-11-17(16)15-24(4)18-12-6-5-7-13-18;/h8-11,18H,5-7,12-15H2,1-4H3,(H3,21,22,23);1H. The first kappa shape index (κ1) is 22.2. The lowest BCUT2D eigenvalue weighted by Gasteiger charge is -2.31. The van der Waals surface area contributed by atoms with Crippen LogP contribution in [-0.4, -0.2) is 29.5 Å². The molecule has 1 fully saturated rings. The molecule has 0 aromatic heterocycles. The van der Waals surface area contributed by atoms with Gasteiger partial charge >= 0.3 is 0 Å². The Morgan fingerprint density at radius 3 is 2.36 bits per heavy atom. The van der Waals surface area contributed by atoms with E-state index in [1.165, 1.54) is 43.2 Å². The summed E-state index contributed by atoms with van der Waals surface area (Å²) >= 11 is 0. The number of halogens is 1. The predicted octanol–water partition coefficient (Wildman–Crippen LogP) is 4.27. The van der Waals surface area contributed by atoms with Gasteiger partial charge in [-0.25, -0.2) is 4.99 Å². The first-order valence-corrected chi connectivity index (χ1v) is 9.20. The summed E-state index contributed by atoms with van der Waals surface area (Å²) in [5, 5.41) is 3.22. The van der Waals surface area contributed by atoms with Crippen molar-refractivity contribution < 1.29 is 0 Å². The van der Waals surface area contributed by atoms with Crippen molar-refractivity contribution in [3.63, 3.8) is 0 Å². The molecule has 0 radical (unpaired) electrons. The molecule has 1 aromatic carbocycles. The molecule has 3 N–H and O–H groups in total. The molecule has 0 spiro atoms. The molecule has 0 amide bonds. The van der Waals surface area contributed by atoms with Crippen LogP contribution in [0.15, 0.2) is 29.3 Å². The van der Waals surface area contributed by atoms with Crippen LogP contribution in [0, 0.1) is 0 Å². The summed E-state index contributed by atoms with van der Waals surface area (Å²) in [6.07, 6.45) is 6.81. The Kier molecular flexibility index (Phi) is 9.21. The Balaban J connectivity index is 0.00000312. The van der Waals surface area contributed by atoms with Crippen LogP contribution in [0.2, 0.25) is 0 Å². The molecule has 0 aliphatic heterocycles. The van der Waals surface area contributed by atoms with Crippen LogP contribution >= 0.6 is 24.0 Å². The number of hydrogen-bond donors (Lipinski definition) is 2. The van der Waals surface area contributed by atoms with Gasteiger partial charge in [0.1, 0.15) is 0 Å². The summed E-state index contributed by atoms with van der Waals surface area (Å²) in [6.45, 7) is 7.87. The predicted molar refractivity (Wildman–Crippen MR) is 118 cm³/mol. The lowest BCUT2D eigenvalue weighted by Crippen LogP contribution is -2.45. The Labute approximate surface area is 170 Å². The molecule has 0 saturated heterocycles. The second-order valence-electron chi connectivity index (χ2n) is 8.05. The van der Waals surface area contributed by atoms with Gasteiger partial charge in [0.05, 0.1) is 6.54 Å². The van der Waals surface area contributed by atoms with E-state index in [1.807, 2.05) is 0 Å².